The molecule has 0 radical (unpaired) electrons. The number of aryl methyl sites for hydroxylation is 1. The van der Waals surface area contributed by atoms with Gasteiger partial charge in [-0.15, -0.1) is 0 Å². The lowest BCUT2D eigenvalue weighted by atomic mass is 10.1. The second-order valence-electron chi connectivity index (χ2n) is 5.06. The molecule has 3 heterocycles. The molecule has 0 bridgehead atoms. The number of pyridine rings is 1. The van der Waals surface area contributed by atoms with Crippen molar-refractivity contribution in [3.8, 4) is 0 Å². The van der Waals surface area contributed by atoms with Gasteiger partial charge in [0.2, 0.25) is 0 Å². The van der Waals surface area contributed by atoms with Crippen LogP contribution in [0.25, 0.3) is 0 Å². The summed E-state index contributed by atoms with van der Waals surface area (Å²) in [5.41, 5.74) is 2.31. The molecule has 2 fully saturated rings. The Morgan fingerprint density at radius 1 is 1.28 bits per heavy atom. The molecule has 0 saturated carbocycles. The van der Waals surface area contributed by atoms with Crippen LogP contribution < -0.4 is 4.90 Å². The van der Waals surface area contributed by atoms with Gasteiger partial charge in [-0.05, 0) is 31.9 Å². The highest BCUT2D eigenvalue weighted by atomic mass is 16.5. The number of ether oxygens (including phenoxy) is 2. The summed E-state index contributed by atoms with van der Waals surface area (Å²) in [6.07, 6.45) is 4.68. The second-order valence-corrected chi connectivity index (χ2v) is 5.06. The normalized spacial score (nSPS) is 28.6. The zero-order valence-corrected chi connectivity index (χ0v) is 10.8. The molecule has 0 amide bonds. The minimum atomic E-state index is 0.217. The second kappa shape index (κ2) is 5.24. The van der Waals surface area contributed by atoms with Gasteiger partial charge in [0.05, 0.1) is 12.7 Å². The Balaban J connectivity index is 1.69. The van der Waals surface area contributed by atoms with Crippen molar-refractivity contribution in [2.75, 3.05) is 31.2 Å². The van der Waals surface area contributed by atoms with Gasteiger partial charge in [0.1, 0.15) is 6.10 Å². The quantitative estimate of drug-likeness (QED) is 0.799. The molecule has 4 nitrogen and oxygen atoms in total. The minimum Gasteiger partial charge on any atom is -0.375 e. The maximum atomic E-state index is 5.86. The topological polar surface area (TPSA) is 34.6 Å². The number of hydrogen-bond donors (Lipinski definition) is 0. The van der Waals surface area contributed by atoms with Crippen LogP contribution in [0.4, 0.5) is 5.69 Å². The lowest BCUT2D eigenvalue weighted by molar-refractivity contribution is -0.0543. The summed E-state index contributed by atoms with van der Waals surface area (Å²) >= 11 is 0. The van der Waals surface area contributed by atoms with E-state index in [4.69, 9.17) is 9.47 Å². The third-order valence-corrected chi connectivity index (χ3v) is 3.72. The average molecular weight is 248 g/mol. The van der Waals surface area contributed by atoms with E-state index in [1.165, 1.54) is 12.1 Å². The molecule has 4 heteroatoms. The van der Waals surface area contributed by atoms with Gasteiger partial charge in [-0.25, -0.2) is 0 Å². The standard InChI is InChI=1S/C14H20N2O2/c1-11-9-12(4-5-15-11)16-6-8-18-14(10-16)13-3-2-7-17-13/h4-5,9,13-14H,2-3,6-8,10H2,1H3. The Labute approximate surface area is 108 Å². The fourth-order valence-electron chi connectivity index (χ4n) is 2.76. The van der Waals surface area contributed by atoms with E-state index >= 15 is 0 Å². The Morgan fingerprint density at radius 2 is 2.17 bits per heavy atom. The lowest BCUT2D eigenvalue weighted by Gasteiger charge is -2.36. The molecule has 2 unspecified atom stereocenters. The molecule has 2 aliphatic heterocycles. The molecule has 2 saturated heterocycles. The van der Waals surface area contributed by atoms with Crippen LogP contribution in [0.3, 0.4) is 0 Å². The van der Waals surface area contributed by atoms with Crippen LogP contribution >= 0.6 is 0 Å². The molecule has 0 aliphatic carbocycles. The molecule has 18 heavy (non-hydrogen) atoms. The SMILES string of the molecule is Cc1cc(N2CCOC(C3CCCO3)C2)ccn1. The van der Waals surface area contributed by atoms with Crippen molar-refractivity contribution in [2.24, 2.45) is 0 Å². The van der Waals surface area contributed by atoms with Gasteiger partial charge in [0, 0.05) is 37.3 Å². The van der Waals surface area contributed by atoms with Crippen LogP contribution in [0.5, 0.6) is 0 Å². The van der Waals surface area contributed by atoms with Crippen molar-refractivity contribution in [3.05, 3.63) is 24.0 Å². The van der Waals surface area contributed by atoms with E-state index in [0.29, 0.717) is 0 Å². The summed E-state index contributed by atoms with van der Waals surface area (Å²) in [6.45, 7) is 5.58. The van der Waals surface area contributed by atoms with E-state index in [-0.39, 0.29) is 12.2 Å². The fourth-order valence-corrected chi connectivity index (χ4v) is 2.76. The Morgan fingerprint density at radius 3 is 2.94 bits per heavy atom. The van der Waals surface area contributed by atoms with Gasteiger partial charge < -0.3 is 14.4 Å². The number of rotatable bonds is 2. The van der Waals surface area contributed by atoms with Crippen LogP contribution in [0.1, 0.15) is 18.5 Å². The Kier molecular flexibility index (Phi) is 3.48. The monoisotopic (exact) mass is 248 g/mol. The number of nitrogens with zero attached hydrogens (tertiary/aromatic N) is 2. The smallest absolute Gasteiger partial charge is 0.101 e. The van der Waals surface area contributed by atoms with E-state index < -0.39 is 0 Å². The van der Waals surface area contributed by atoms with Crippen LogP contribution in [0.15, 0.2) is 18.3 Å². The molecule has 3 rings (SSSR count). The van der Waals surface area contributed by atoms with E-state index in [1.807, 2.05) is 13.1 Å². The average Bonchev–Trinajstić information content (AvgIpc) is 2.93. The third kappa shape index (κ3) is 2.49. The number of anilines is 1. The molecule has 1 aromatic rings. The Bertz CT molecular complexity index is 405. The molecule has 0 N–H and O–H groups in total. The first-order valence-corrected chi connectivity index (χ1v) is 6.74. The first-order chi connectivity index (χ1) is 8.83. The molecular formula is C14H20N2O2. The van der Waals surface area contributed by atoms with Gasteiger partial charge in [0.25, 0.3) is 0 Å². The van der Waals surface area contributed by atoms with E-state index in [2.05, 4.69) is 22.0 Å². The number of aromatic nitrogens is 1. The molecule has 1 aromatic heterocycles. The first-order valence-electron chi connectivity index (χ1n) is 6.74. The van der Waals surface area contributed by atoms with Crippen molar-refractivity contribution in [2.45, 2.75) is 32.0 Å². The highest BCUT2D eigenvalue weighted by molar-refractivity contribution is 5.46. The summed E-state index contributed by atoms with van der Waals surface area (Å²) in [4.78, 5) is 6.63. The number of morpholine rings is 1. The predicted octanol–water partition coefficient (Wildman–Crippen LogP) is 1.77. The molecule has 0 spiro atoms. The molecule has 2 aliphatic rings. The van der Waals surface area contributed by atoms with Crippen molar-refractivity contribution < 1.29 is 9.47 Å². The van der Waals surface area contributed by atoms with E-state index in [1.54, 1.807) is 0 Å². The van der Waals surface area contributed by atoms with Crippen LogP contribution in [0.2, 0.25) is 0 Å². The minimum absolute atomic E-state index is 0.217. The maximum absolute atomic E-state index is 5.86. The van der Waals surface area contributed by atoms with Crippen molar-refractivity contribution in [3.63, 3.8) is 0 Å². The summed E-state index contributed by atoms with van der Waals surface area (Å²) in [5.74, 6) is 0. The highest BCUT2D eigenvalue weighted by Crippen LogP contribution is 2.24. The van der Waals surface area contributed by atoms with Crippen molar-refractivity contribution in [1.82, 2.24) is 4.98 Å². The molecular weight excluding hydrogens is 228 g/mol. The van der Waals surface area contributed by atoms with Crippen molar-refractivity contribution in [1.29, 1.82) is 0 Å². The number of hydrogen-bond acceptors (Lipinski definition) is 4. The van der Waals surface area contributed by atoms with Crippen LogP contribution in [-0.4, -0.2) is 43.5 Å². The molecule has 2 atom stereocenters. The maximum Gasteiger partial charge on any atom is 0.101 e. The van der Waals surface area contributed by atoms with Crippen LogP contribution in [-0.2, 0) is 9.47 Å². The summed E-state index contributed by atoms with van der Waals surface area (Å²) in [7, 11) is 0. The van der Waals surface area contributed by atoms with Gasteiger partial charge >= 0.3 is 0 Å². The van der Waals surface area contributed by atoms with Gasteiger partial charge in [-0.3, -0.25) is 4.98 Å². The third-order valence-electron chi connectivity index (χ3n) is 3.72. The lowest BCUT2D eigenvalue weighted by Crippen LogP contribution is -2.47. The predicted molar refractivity (Wildman–Crippen MR) is 69.9 cm³/mol. The summed E-state index contributed by atoms with van der Waals surface area (Å²) < 4.78 is 11.6. The largest absolute Gasteiger partial charge is 0.375 e. The van der Waals surface area contributed by atoms with Gasteiger partial charge in [-0.1, -0.05) is 0 Å². The molecule has 98 valence electrons. The van der Waals surface area contributed by atoms with Gasteiger partial charge in [0.15, 0.2) is 0 Å². The summed E-state index contributed by atoms with van der Waals surface area (Å²) in [5, 5.41) is 0. The van der Waals surface area contributed by atoms with E-state index in [0.717, 1.165) is 38.4 Å². The summed E-state index contributed by atoms with van der Waals surface area (Å²) in [6, 6.07) is 4.21. The van der Waals surface area contributed by atoms with E-state index in [9.17, 15) is 0 Å². The zero-order valence-electron chi connectivity index (χ0n) is 10.8. The first kappa shape index (κ1) is 11.9. The molecule has 0 aromatic carbocycles. The fraction of sp³-hybridized carbons (Fsp3) is 0.643. The highest BCUT2D eigenvalue weighted by Gasteiger charge is 2.31. The Hall–Kier alpha value is -1.13. The van der Waals surface area contributed by atoms with Gasteiger partial charge in [-0.2, -0.15) is 0 Å². The van der Waals surface area contributed by atoms with Crippen LogP contribution in [0, 0.1) is 6.92 Å². The zero-order chi connectivity index (χ0) is 12.4. The van der Waals surface area contributed by atoms with Crippen molar-refractivity contribution >= 4 is 5.69 Å².